The second-order valence-corrected chi connectivity index (χ2v) is 4.55. The summed E-state index contributed by atoms with van der Waals surface area (Å²) in [5, 5.41) is 0. The first-order valence-electron chi connectivity index (χ1n) is 5.02. The van der Waals surface area contributed by atoms with Gasteiger partial charge in [0.1, 0.15) is 0 Å². The lowest BCUT2D eigenvalue weighted by Crippen LogP contribution is -2.12. The van der Waals surface area contributed by atoms with Gasteiger partial charge in [-0.1, -0.05) is 6.07 Å². The zero-order valence-corrected chi connectivity index (χ0v) is 10.00. The highest BCUT2D eigenvalue weighted by atomic mass is 79.9. The van der Waals surface area contributed by atoms with E-state index in [1.807, 2.05) is 18.2 Å². The predicted octanol–water partition coefficient (Wildman–Crippen LogP) is 2.45. The Morgan fingerprint density at radius 1 is 1.53 bits per heavy atom. The van der Waals surface area contributed by atoms with Crippen LogP contribution in [0.5, 0.6) is 5.75 Å². The quantitative estimate of drug-likeness (QED) is 0.859. The smallest absolute Gasteiger partial charge is 0.156 e. The molecule has 2 rings (SSSR count). The van der Waals surface area contributed by atoms with Crippen molar-refractivity contribution in [2.45, 2.75) is 6.42 Å². The molecule has 1 aromatic rings. The van der Waals surface area contributed by atoms with Crippen molar-refractivity contribution in [3.05, 3.63) is 22.7 Å². The molecule has 82 valence electrons. The minimum Gasteiger partial charge on any atom is -0.490 e. The number of ether oxygens (including phenoxy) is 2. The Kier molecular flexibility index (Phi) is 3.49. The molecule has 1 aromatic carbocycles. The van der Waals surface area contributed by atoms with Crippen LogP contribution in [-0.4, -0.2) is 19.8 Å². The van der Waals surface area contributed by atoms with Gasteiger partial charge < -0.3 is 15.2 Å². The van der Waals surface area contributed by atoms with Gasteiger partial charge in [0.25, 0.3) is 0 Å². The molecule has 0 saturated carbocycles. The summed E-state index contributed by atoms with van der Waals surface area (Å²) in [5.74, 6) is 1.24. The summed E-state index contributed by atoms with van der Waals surface area (Å²) in [6, 6.07) is 5.66. The van der Waals surface area contributed by atoms with Gasteiger partial charge >= 0.3 is 0 Å². The van der Waals surface area contributed by atoms with E-state index < -0.39 is 0 Å². The normalized spacial score (nSPS) is 20.5. The Balaban J connectivity index is 1.97. The van der Waals surface area contributed by atoms with Gasteiger partial charge in [-0.05, 0) is 34.5 Å². The molecule has 0 spiro atoms. The molecular formula is C11H14BrNO2. The second-order valence-electron chi connectivity index (χ2n) is 3.70. The van der Waals surface area contributed by atoms with Crippen molar-refractivity contribution in [2.75, 3.05) is 25.6 Å². The zero-order chi connectivity index (χ0) is 10.7. The van der Waals surface area contributed by atoms with E-state index in [9.17, 15) is 0 Å². The van der Waals surface area contributed by atoms with Crippen LogP contribution in [-0.2, 0) is 4.74 Å². The summed E-state index contributed by atoms with van der Waals surface area (Å²) >= 11 is 3.42. The van der Waals surface area contributed by atoms with Crippen molar-refractivity contribution < 1.29 is 9.47 Å². The summed E-state index contributed by atoms with van der Waals surface area (Å²) in [4.78, 5) is 0. The Morgan fingerprint density at radius 2 is 2.40 bits per heavy atom. The molecule has 1 aliphatic rings. The van der Waals surface area contributed by atoms with Crippen LogP contribution in [0.15, 0.2) is 22.7 Å². The number of para-hydroxylation sites is 1. The summed E-state index contributed by atoms with van der Waals surface area (Å²) < 4.78 is 11.9. The third-order valence-electron chi connectivity index (χ3n) is 2.48. The monoisotopic (exact) mass is 271 g/mol. The van der Waals surface area contributed by atoms with E-state index in [2.05, 4.69) is 15.9 Å². The standard InChI is InChI=1S/C11H14BrNO2/c12-9-2-1-3-10(13)11(9)15-7-8-4-5-14-6-8/h1-3,8H,4-7,13H2. The lowest BCUT2D eigenvalue weighted by Gasteiger charge is -2.13. The number of hydrogen-bond donors (Lipinski definition) is 1. The van der Waals surface area contributed by atoms with Gasteiger partial charge in [-0.2, -0.15) is 0 Å². The lowest BCUT2D eigenvalue weighted by atomic mass is 10.1. The lowest BCUT2D eigenvalue weighted by molar-refractivity contribution is 0.167. The Morgan fingerprint density at radius 3 is 3.07 bits per heavy atom. The molecule has 2 N–H and O–H groups in total. The average Bonchev–Trinajstić information content (AvgIpc) is 2.70. The summed E-state index contributed by atoms with van der Waals surface area (Å²) in [7, 11) is 0. The Labute approximate surface area is 97.7 Å². The summed E-state index contributed by atoms with van der Waals surface area (Å²) in [6.45, 7) is 2.32. The van der Waals surface area contributed by atoms with Crippen LogP contribution in [0.25, 0.3) is 0 Å². The van der Waals surface area contributed by atoms with Gasteiger partial charge in [0.05, 0.1) is 23.4 Å². The molecule has 0 aromatic heterocycles. The molecule has 15 heavy (non-hydrogen) atoms. The van der Waals surface area contributed by atoms with Crippen LogP contribution in [0, 0.1) is 5.92 Å². The van der Waals surface area contributed by atoms with Crippen LogP contribution < -0.4 is 10.5 Å². The molecule has 4 heteroatoms. The number of rotatable bonds is 3. The first-order chi connectivity index (χ1) is 7.27. The molecule has 1 atom stereocenters. The molecule has 0 radical (unpaired) electrons. The number of benzene rings is 1. The van der Waals surface area contributed by atoms with Crippen LogP contribution in [0.3, 0.4) is 0 Å². The molecule has 0 aliphatic carbocycles. The molecular weight excluding hydrogens is 258 g/mol. The second kappa shape index (κ2) is 4.86. The Bertz CT molecular complexity index is 317. The Hall–Kier alpha value is -0.740. The van der Waals surface area contributed by atoms with E-state index in [0.717, 1.165) is 29.9 Å². The third-order valence-corrected chi connectivity index (χ3v) is 3.11. The van der Waals surface area contributed by atoms with Gasteiger partial charge in [0.15, 0.2) is 5.75 Å². The van der Waals surface area contributed by atoms with Crippen molar-refractivity contribution in [3.8, 4) is 5.75 Å². The fourth-order valence-electron chi connectivity index (χ4n) is 1.59. The number of halogens is 1. The van der Waals surface area contributed by atoms with Crippen molar-refractivity contribution in [1.29, 1.82) is 0 Å². The van der Waals surface area contributed by atoms with Crippen LogP contribution in [0.2, 0.25) is 0 Å². The fraction of sp³-hybridized carbons (Fsp3) is 0.455. The van der Waals surface area contributed by atoms with Crippen molar-refractivity contribution >= 4 is 21.6 Å². The number of nitrogen functional groups attached to an aromatic ring is 1. The molecule has 1 aliphatic heterocycles. The molecule has 1 saturated heterocycles. The first kappa shape index (κ1) is 10.8. The van der Waals surface area contributed by atoms with E-state index in [0.29, 0.717) is 18.2 Å². The van der Waals surface area contributed by atoms with Gasteiger partial charge in [0.2, 0.25) is 0 Å². The highest BCUT2D eigenvalue weighted by Crippen LogP contribution is 2.31. The topological polar surface area (TPSA) is 44.5 Å². The highest BCUT2D eigenvalue weighted by Gasteiger charge is 2.17. The van der Waals surface area contributed by atoms with E-state index in [1.165, 1.54) is 0 Å². The molecule has 1 heterocycles. The van der Waals surface area contributed by atoms with Gasteiger partial charge in [-0.25, -0.2) is 0 Å². The molecule has 0 bridgehead atoms. The number of anilines is 1. The van der Waals surface area contributed by atoms with Crippen molar-refractivity contribution in [3.63, 3.8) is 0 Å². The van der Waals surface area contributed by atoms with E-state index >= 15 is 0 Å². The van der Waals surface area contributed by atoms with E-state index in [-0.39, 0.29) is 0 Å². The maximum Gasteiger partial charge on any atom is 0.156 e. The molecule has 0 amide bonds. The summed E-state index contributed by atoms with van der Waals surface area (Å²) in [6.07, 6.45) is 1.07. The minimum atomic E-state index is 0.497. The number of nitrogens with two attached hydrogens (primary N) is 1. The van der Waals surface area contributed by atoms with Gasteiger partial charge in [-0.15, -0.1) is 0 Å². The van der Waals surface area contributed by atoms with Crippen LogP contribution in [0.1, 0.15) is 6.42 Å². The van der Waals surface area contributed by atoms with Gasteiger partial charge in [0, 0.05) is 12.5 Å². The van der Waals surface area contributed by atoms with Crippen molar-refractivity contribution in [2.24, 2.45) is 5.92 Å². The minimum absolute atomic E-state index is 0.497. The molecule has 1 unspecified atom stereocenters. The zero-order valence-electron chi connectivity index (χ0n) is 8.41. The average molecular weight is 272 g/mol. The first-order valence-corrected chi connectivity index (χ1v) is 5.81. The largest absolute Gasteiger partial charge is 0.490 e. The highest BCUT2D eigenvalue weighted by molar-refractivity contribution is 9.10. The third kappa shape index (κ3) is 2.63. The maximum atomic E-state index is 5.82. The molecule has 1 fully saturated rings. The van der Waals surface area contributed by atoms with Crippen LogP contribution in [0.4, 0.5) is 5.69 Å². The van der Waals surface area contributed by atoms with Crippen LogP contribution >= 0.6 is 15.9 Å². The van der Waals surface area contributed by atoms with E-state index in [1.54, 1.807) is 0 Å². The molecule has 3 nitrogen and oxygen atoms in total. The predicted molar refractivity (Wildman–Crippen MR) is 63.0 cm³/mol. The van der Waals surface area contributed by atoms with Gasteiger partial charge in [-0.3, -0.25) is 0 Å². The maximum absolute atomic E-state index is 5.82. The number of hydrogen-bond acceptors (Lipinski definition) is 3. The van der Waals surface area contributed by atoms with E-state index in [4.69, 9.17) is 15.2 Å². The SMILES string of the molecule is Nc1cccc(Br)c1OCC1CCOC1. The summed E-state index contributed by atoms with van der Waals surface area (Å²) in [5.41, 5.74) is 6.49. The fourth-order valence-corrected chi connectivity index (χ4v) is 2.09. The van der Waals surface area contributed by atoms with Crippen molar-refractivity contribution in [1.82, 2.24) is 0 Å².